The average molecular weight is 200 g/mol. The summed E-state index contributed by atoms with van der Waals surface area (Å²) in [5.41, 5.74) is 0. The van der Waals surface area contributed by atoms with E-state index in [4.69, 9.17) is 10.2 Å². The van der Waals surface area contributed by atoms with Crippen molar-refractivity contribution in [2.45, 2.75) is 32.6 Å². The molecule has 0 amide bonds. The Kier molecular flexibility index (Phi) is 6.45. The third-order valence-electron chi connectivity index (χ3n) is 1.84. The van der Waals surface area contributed by atoms with E-state index in [1.807, 2.05) is 19.1 Å². The summed E-state index contributed by atoms with van der Waals surface area (Å²) in [6.07, 6.45) is 6.43. The summed E-state index contributed by atoms with van der Waals surface area (Å²) in [6, 6.07) is 0. The predicted octanol–water partition coefficient (Wildman–Crippen LogP) is 1.91. The van der Waals surface area contributed by atoms with Gasteiger partial charge >= 0.3 is 11.9 Å². The summed E-state index contributed by atoms with van der Waals surface area (Å²) in [4.78, 5) is 20.9. The molecule has 0 saturated heterocycles. The van der Waals surface area contributed by atoms with Crippen LogP contribution < -0.4 is 0 Å². The van der Waals surface area contributed by atoms with E-state index in [0.717, 1.165) is 12.8 Å². The second kappa shape index (κ2) is 7.12. The Labute approximate surface area is 83.2 Å². The molecule has 0 fully saturated rings. The van der Waals surface area contributed by atoms with Crippen molar-refractivity contribution in [2.75, 3.05) is 0 Å². The molecule has 0 spiro atoms. The first-order chi connectivity index (χ1) is 6.59. The van der Waals surface area contributed by atoms with Crippen LogP contribution in [0.15, 0.2) is 12.2 Å². The van der Waals surface area contributed by atoms with Crippen molar-refractivity contribution < 1.29 is 19.8 Å². The number of allylic oxidation sites excluding steroid dienone is 2. The molecule has 0 heterocycles. The van der Waals surface area contributed by atoms with Gasteiger partial charge < -0.3 is 10.2 Å². The quantitative estimate of drug-likeness (QED) is 0.486. The zero-order valence-electron chi connectivity index (χ0n) is 8.27. The molecule has 0 aromatic carbocycles. The van der Waals surface area contributed by atoms with Gasteiger partial charge in [-0.15, -0.1) is 0 Å². The van der Waals surface area contributed by atoms with E-state index < -0.39 is 17.9 Å². The molecule has 0 rings (SSSR count). The van der Waals surface area contributed by atoms with Gasteiger partial charge in [-0.05, 0) is 19.3 Å². The summed E-state index contributed by atoms with van der Waals surface area (Å²) >= 11 is 0. The maximum atomic E-state index is 10.5. The van der Waals surface area contributed by atoms with Gasteiger partial charge in [0.1, 0.15) is 0 Å². The standard InChI is InChI=1S/C10H16O4/c1-2-3-4-5-6-7-8(9(11)12)10(13)14/h4-5,8H,2-3,6-7H2,1H3,(H,11,12)(H,13,14)/b5-4-. The fourth-order valence-electron chi connectivity index (χ4n) is 1.02. The van der Waals surface area contributed by atoms with E-state index in [9.17, 15) is 9.59 Å². The van der Waals surface area contributed by atoms with E-state index >= 15 is 0 Å². The highest BCUT2D eigenvalue weighted by Crippen LogP contribution is 2.08. The number of unbranched alkanes of at least 4 members (excludes halogenated alkanes) is 1. The molecule has 0 aliphatic heterocycles. The highest BCUT2D eigenvalue weighted by Gasteiger charge is 2.24. The van der Waals surface area contributed by atoms with Gasteiger partial charge in [0.2, 0.25) is 0 Å². The molecule has 4 nitrogen and oxygen atoms in total. The number of carboxylic acids is 2. The van der Waals surface area contributed by atoms with Crippen molar-refractivity contribution in [3.05, 3.63) is 12.2 Å². The van der Waals surface area contributed by atoms with Crippen LogP contribution in [0, 0.1) is 5.92 Å². The summed E-state index contributed by atoms with van der Waals surface area (Å²) in [7, 11) is 0. The summed E-state index contributed by atoms with van der Waals surface area (Å²) < 4.78 is 0. The minimum atomic E-state index is -1.28. The zero-order valence-corrected chi connectivity index (χ0v) is 8.27. The lowest BCUT2D eigenvalue weighted by molar-refractivity contribution is -0.154. The summed E-state index contributed by atoms with van der Waals surface area (Å²) in [5, 5.41) is 17.1. The van der Waals surface area contributed by atoms with E-state index in [-0.39, 0.29) is 6.42 Å². The van der Waals surface area contributed by atoms with Crippen LogP contribution in [-0.2, 0) is 9.59 Å². The van der Waals surface area contributed by atoms with E-state index in [2.05, 4.69) is 0 Å². The zero-order chi connectivity index (χ0) is 11.0. The number of rotatable bonds is 7. The number of carboxylic acid groups (broad SMARTS) is 2. The second-order valence-electron chi connectivity index (χ2n) is 3.07. The number of hydrogen-bond donors (Lipinski definition) is 2. The Morgan fingerprint density at radius 3 is 2.07 bits per heavy atom. The van der Waals surface area contributed by atoms with E-state index in [1.54, 1.807) is 0 Å². The van der Waals surface area contributed by atoms with Crippen LogP contribution in [0.25, 0.3) is 0 Å². The highest BCUT2D eigenvalue weighted by molar-refractivity contribution is 5.92. The number of aliphatic carboxylic acids is 2. The molecule has 0 atom stereocenters. The molecule has 0 aliphatic rings. The van der Waals surface area contributed by atoms with Gasteiger partial charge in [-0.1, -0.05) is 25.5 Å². The Hall–Kier alpha value is -1.32. The molecule has 0 saturated carbocycles. The van der Waals surface area contributed by atoms with Gasteiger partial charge in [-0.3, -0.25) is 9.59 Å². The van der Waals surface area contributed by atoms with Gasteiger partial charge in [0.05, 0.1) is 0 Å². The average Bonchev–Trinajstić information content (AvgIpc) is 2.09. The minimum Gasteiger partial charge on any atom is -0.481 e. The number of carbonyl (C=O) groups is 2. The Morgan fingerprint density at radius 2 is 1.64 bits per heavy atom. The molecule has 0 bridgehead atoms. The maximum absolute atomic E-state index is 10.5. The van der Waals surface area contributed by atoms with Gasteiger partial charge in [0, 0.05) is 0 Å². The van der Waals surface area contributed by atoms with Gasteiger partial charge in [0.25, 0.3) is 0 Å². The van der Waals surface area contributed by atoms with Crippen molar-refractivity contribution in [3.8, 4) is 0 Å². The number of hydrogen-bond acceptors (Lipinski definition) is 2. The fraction of sp³-hybridized carbons (Fsp3) is 0.600. The molecule has 14 heavy (non-hydrogen) atoms. The van der Waals surface area contributed by atoms with Gasteiger partial charge in [-0.25, -0.2) is 0 Å². The summed E-state index contributed by atoms with van der Waals surface area (Å²) in [5.74, 6) is -3.80. The second-order valence-corrected chi connectivity index (χ2v) is 3.07. The van der Waals surface area contributed by atoms with Crippen LogP contribution in [0.3, 0.4) is 0 Å². The van der Waals surface area contributed by atoms with Gasteiger partial charge in [-0.2, -0.15) is 0 Å². The van der Waals surface area contributed by atoms with Crippen molar-refractivity contribution in [1.82, 2.24) is 0 Å². The molecule has 0 unspecified atom stereocenters. The Morgan fingerprint density at radius 1 is 1.14 bits per heavy atom. The SMILES string of the molecule is CCC/C=C\CCC(C(=O)O)C(=O)O. The Balaban J connectivity index is 3.84. The topological polar surface area (TPSA) is 74.6 Å². The maximum Gasteiger partial charge on any atom is 0.317 e. The normalized spacial score (nSPS) is 11.0. The van der Waals surface area contributed by atoms with Crippen molar-refractivity contribution in [3.63, 3.8) is 0 Å². The lowest BCUT2D eigenvalue weighted by Gasteiger charge is -2.03. The molecule has 2 N–H and O–H groups in total. The monoisotopic (exact) mass is 200 g/mol. The van der Waals surface area contributed by atoms with Gasteiger partial charge in [0.15, 0.2) is 5.92 Å². The van der Waals surface area contributed by atoms with Crippen LogP contribution in [-0.4, -0.2) is 22.2 Å². The van der Waals surface area contributed by atoms with Crippen LogP contribution in [0.1, 0.15) is 32.6 Å². The third-order valence-corrected chi connectivity index (χ3v) is 1.84. The van der Waals surface area contributed by atoms with E-state index in [1.165, 1.54) is 0 Å². The molecule has 0 aromatic heterocycles. The molecular weight excluding hydrogens is 184 g/mol. The van der Waals surface area contributed by atoms with Crippen LogP contribution >= 0.6 is 0 Å². The van der Waals surface area contributed by atoms with Crippen LogP contribution in [0.5, 0.6) is 0 Å². The van der Waals surface area contributed by atoms with Crippen molar-refractivity contribution >= 4 is 11.9 Å². The third kappa shape index (κ3) is 5.35. The summed E-state index contributed by atoms with van der Waals surface area (Å²) in [6.45, 7) is 2.04. The lowest BCUT2D eigenvalue weighted by Crippen LogP contribution is -2.22. The minimum absolute atomic E-state index is 0.158. The first-order valence-electron chi connectivity index (χ1n) is 4.70. The smallest absolute Gasteiger partial charge is 0.317 e. The van der Waals surface area contributed by atoms with E-state index in [0.29, 0.717) is 6.42 Å². The molecule has 4 heteroatoms. The molecule has 0 aromatic rings. The largest absolute Gasteiger partial charge is 0.481 e. The highest BCUT2D eigenvalue weighted by atomic mass is 16.4. The first kappa shape index (κ1) is 12.7. The van der Waals surface area contributed by atoms with Crippen molar-refractivity contribution in [1.29, 1.82) is 0 Å². The molecule has 0 radical (unpaired) electrons. The predicted molar refractivity (Wildman–Crippen MR) is 52.0 cm³/mol. The first-order valence-corrected chi connectivity index (χ1v) is 4.70. The fourth-order valence-corrected chi connectivity index (χ4v) is 1.02. The molecular formula is C10H16O4. The van der Waals surface area contributed by atoms with Crippen LogP contribution in [0.4, 0.5) is 0 Å². The lowest BCUT2D eigenvalue weighted by atomic mass is 10.0. The van der Waals surface area contributed by atoms with Crippen molar-refractivity contribution in [2.24, 2.45) is 5.92 Å². The molecule has 80 valence electrons. The van der Waals surface area contributed by atoms with Crippen LogP contribution in [0.2, 0.25) is 0 Å². The Bertz CT molecular complexity index is 206. The molecule has 0 aliphatic carbocycles.